The number of carbonyl (C=O) groups is 2. The molecule has 0 bridgehead atoms. The molecule has 1 aliphatic carbocycles. The van der Waals surface area contributed by atoms with Crippen LogP contribution in [0.15, 0.2) is 65.6 Å². The molecule has 3 aromatic rings. The van der Waals surface area contributed by atoms with Crippen LogP contribution in [0.1, 0.15) is 38.5 Å². The molecule has 0 spiro atoms. The third-order valence-electron chi connectivity index (χ3n) is 5.71. The maximum absolute atomic E-state index is 13.1. The minimum atomic E-state index is -0.143. The molecule has 2 amide bonds. The Hall–Kier alpha value is -2.71. The van der Waals surface area contributed by atoms with Crippen molar-refractivity contribution in [2.45, 2.75) is 49.5 Å². The molecule has 1 aliphatic rings. The van der Waals surface area contributed by atoms with Crippen molar-refractivity contribution in [3.8, 4) is 10.6 Å². The monoisotopic (exact) mass is 480 g/mol. The van der Waals surface area contributed by atoms with E-state index < -0.39 is 0 Å². The molecule has 0 aliphatic heterocycles. The molecule has 1 N–H and O–H groups in total. The SMILES string of the molecule is O=C(CCN(C(=O)CSc1ccccc1)C1CCCCC1)Nc1nnc(-c2ccccc2)s1. The first-order valence-corrected chi connectivity index (χ1v) is 13.2. The van der Waals surface area contributed by atoms with Gasteiger partial charge in [-0.25, -0.2) is 0 Å². The summed E-state index contributed by atoms with van der Waals surface area (Å²) in [6.45, 7) is 0.426. The van der Waals surface area contributed by atoms with Crippen LogP contribution in [0.3, 0.4) is 0 Å². The summed E-state index contributed by atoms with van der Waals surface area (Å²) in [5.41, 5.74) is 0.973. The van der Waals surface area contributed by atoms with Crippen LogP contribution in [0, 0.1) is 0 Å². The number of anilines is 1. The number of benzene rings is 2. The molecule has 172 valence electrons. The van der Waals surface area contributed by atoms with Gasteiger partial charge in [-0.1, -0.05) is 79.1 Å². The zero-order chi connectivity index (χ0) is 22.9. The lowest BCUT2D eigenvalue weighted by Gasteiger charge is -2.34. The zero-order valence-corrected chi connectivity index (χ0v) is 20.1. The van der Waals surface area contributed by atoms with Gasteiger partial charge < -0.3 is 10.2 Å². The van der Waals surface area contributed by atoms with Gasteiger partial charge in [0.15, 0.2) is 0 Å². The summed E-state index contributed by atoms with van der Waals surface area (Å²) in [6, 6.07) is 20.0. The van der Waals surface area contributed by atoms with Crippen molar-refractivity contribution in [1.82, 2.24) is 15.1 Å². The lowest BCUT2D eigenvalue weighted by atomic mass is 9.94. The molecular formula is C25H28N4O2S2. The van der Waals surface area contributed by atoms with Crippen LogP contribution in [0.4, 0.5) is 5.13 Å². The Kier molecular flexibility index (Phi) is 8.49. The molecule has 4 rings (SSSR count). The van der Waals surface area contributed by atoms with E-state index in [9.17, 15) is 9.59 Å². The van der Waals surface area contributed by atoms with E-state index in [0.717, 1.165) is 41.1 Å². The standard InChI is InChI=1S/C25H28N4O2S2/c30-22(26-25-28-27-24(33-25)19-10-4-1-5-11-19)16-17-29(20-12-6-2-7-13-20)23(31)18-32-21-14-8-3-9-15-21/h1,3-5,8-11,14-15,20H,2,6-7,12-13,16-18H2,(H,26,28,30). The third kappa shape index (κ3) is 6.88. The van der Waals surface area contributed by atoms with E-state index in [4.69, 9.17) is 0 Å². The summed E-state index contributed by atoms with van der Waals surface area (Å²) in [5.74, 6) is 0.347. The maximum Gasteiger partial charge on any atom is 0.233 e. The molecule has 0 saturated heterocycles. The minimum Gasteiger partial charge on any atom is -0.338 e. The zero-order valence-electron chi connectivity index (χ0n) is 18.5. The second-order valence-electron chi connectivity index (χ2n) is 8.06. The fourth-order valence-electron chi connectivity index (χ4n) is 4.02. The smallest absolute Gasteiger partial charge is 0.233 e. The quantitative estimate of drug-likeness (QED) is 0.410. The lowest BCUT2D eigenvalue weighted by molar-refractivity contribution is -0.131. The highest BCUT2D eigenvalue weighted by atomic mass is 32.2. The number of amides is 2. The summed E-state index contributed by atoms with van der Waals surface area (Å²) in [4.78, 5) is 28.7. The Morgan fingerprint density at radius 1 is 0.970 bits per heavy atom. The lowest BCUT2D eigenvalue weighted by Crippen LogP contribution is -2.43. The summed E-state index contributed by atoms with van der Waals surface area (Å²) in [6.07, 6.45) is 5.77. The van der Waals surface area contributed by atoms with E-state index in [0.29, 0.717) is 17.4 Å². The highest BCUT2D eigenvalue weighted by Gasteiger charge is 2.26. The average Bonchev–Trinajstić information content (AvgIpc) is 3.33. The number of hydrogen-bond donors (Lipinski definition) is 1. The summed E-state index contributed by atoms with van der Waals surface area (Å²) in [5, 5.41) is 12.4. The molecule has 1 aromatic heterocycles. The van der Waals surface area contributed by atoms with Crippen molar-refractivity contribution >= 4 is 40.0 Å². The molecule has 1 fully saturated rings. The van der Waals surface area contributed by atoms with E-state index >= 15 is 0 Å². The van der Waals surface area contributed by atoms with Crippen LogP contribution < -0.4 is 5.32 Å². The minimum absolute atomic E-state index is 0.103. The van der Waals surface area contributed by atoms with E-state index in [1.807, 2.05) is 65.6 Å². The third-order valence-corrected chi connectivity index (χ3v) is 7.60. The van der Waals surface area contributed by atoms with E-state index in [1.165, 1.54) is 17.8 Å². The number of nitrogens with zero attached hydrogens (tertiary/aromatic N) is 3. The Morgan fingerprint density at radius 2 is 1.67 bits per heavy atom. The number of nitrogens with one attached hydrogen (secondary N) is 1. The predicted molar refractivity (Wildman–Crippen MR) is 134 cm³/mol. The van der Waals surface area contributed by atoms with Crippen molar-refractivity contribution in [3.63, 3.8) is 0 Å². The van der Waals surface area contributed by atoms with Crippen LogP contribution in [0.5, 0.6) is 0 Å². The van der Waals surface area contributed by atoms with E-state index in [2.05, 4.69) is 15.5 Å². The second kappa shape index (κ2) is 12.0. The number of rotatable bonds is 9. The van der Waals surface area contributed by atoms with Gasteiger partial charge in [0, 0.05) is 29.5 Å². The molecule has 1 saturated carbocycles. The molecular weight excluding hydrogens is 452 g/mol. The Balaban J connectivity index is 1.33. The van der Waals surface area contributed by atoms with Crippen LogP contribution in [0.2, 0.25) is 0 Å². The number of hydrogen-bond acceptors (Lipinski definition) is 6. The highest BCUT2D eigenvalue weighted by molar-refractivity contribution is 8.00. The van der Waals surface area contributed by atoms with Crippen molar-refractivity contribution in [2.24, 2.45) is 0 Å². The van der Waals surface area contributed by atoms with Gasteiger partial charge in [-0.05, 0) is 25.0 Å². The topological polar surface area (TPSA) is 75.2 Å². The number of carbonyl (C=O) groups excluding carboxylic acids is 2. The van der Waals surface area contributed by atoms with Crippen molar-refractivity contribution in [1.29, 1.82) is 0 Å². The average molecular weight is 481 g/mol. The molecule has 0 atom stereocenters. The van der Waals surface area contributed by atoms with Gasteiger partial charge in [0.25, 0.3) is 0 Å². The molecule has 8 heteroatoms. The maximum atomic E-state index is 13.1. The molecule has 1 heterocycles. The van der Waals surface area contributed by atoms with Crippen molar-refractivity contribution in [2.75, 3.05) is 17.6 Å². The highest BCUT2D eigenvalue weighted by Crippen LogP contribution is 2.27. The molecule has 0 radical (unpaired) electrons. The van der Waals surface area contributed by atoms with Crippen LogP contribution in [-0.4, -0.2) is 45.3 Å². The van der Waals surface area contributed by atoms with Gasteiger partial charge >= 0.3 is 0 Å². The van der Waals surface area contributed by atoms with E-state index in [1.54, 1.807) is 11.8 Å². The normalized spacial score (nSPS) is 14.1. The van der Waals surface area contributed by atoms with Gasteiger partial charge in [-0.2, -0.15) is 0 Å². The van der Waals surface area contributed by atoms with Gasteiger partial charge in [0.2, 0.25) is 16.9 Å². The largest absolute Gasteiger partial charge is 0.338 e. The van der Waals surface area contributed by atoms with Gasteiger partial charge in [0.05, 0.1) is 5.75 Å². The first-order chi connectivity index (χ1) is 16.2. The van der Waals surface area contributed by atoms with Crippen LogP contribution in [0.25, 0.3) is 10.6 Å². The first kappa shape index (κ1) is 23.4. The number of aromatic nitrogens is 2. The Morgan fingerprint density at radius 3 is 2.39 bits per heavy atom. The summed E-state index contributed by atoms with van der Waals surface area (Å²) in [7, 11) is 0. The molecule has 0 unspecified atom stereocenters. The number of thioether (sulfide) groups is 1. The molecule has 2 aromatic carbocycles. The first-order valence-electron chi connectivity index (χ1n) is 11.3. The molecule has 33 heavy (non-hydrogen) atoms. The van der Waals surface area contributed by atoms with Gasteiger partial charge in [-0.15, -0.1) is 22.0 Å². The fourth-order valence-corrected chi connectivity index (χ4v) is 5.59. The molecule has 6 nitrogen and oxygen atoms in total. The van der Waals surface area contributed by atoms with Gasteiger partial charge in [0.1, 0.15) is 5.01 Å². The second-order valence-corrected chi connectivity index (χ2v) is 10.1. The predicted octanol–water partition coefficient (Wildman–Crippen LogP) is 5.49. The van der Waals surface area contributed by atoms with Crippen molar-refractivity contribution in [3.05, 3.63) is 60.7 Å². The summed E-state index contributed by atoms with van der Waals surface area (Å²) >= 11 is 2.90. The Labute approximate surface area is 202 Å². The van der Waals surface area contributed by atoms with Crippen LogP contribution >= 0.6 is 23.1 Å². The Bertz CT molecular complexity index is 1040. The summed E-state index contributed by atoms with van der Waals surface area (Å²) < 4.78 is 0. The van der Waals surface area contributed by atoms with Crippen LogP contribution in [-0.2, 0) is 9.59 Å². The van der Waals surface area contributed by atoms with Crippen molar-refractivity contribution < 1.29 is 9.59 Å². The van der Waals surface area contributed by atoms with E-state index in [-0.39, 0.29) is 24.3 Å². The fraction of sp³-hybridized carbons (Fsp3) is 0.360. The van der Waals surface area contributed by atoms with Gasteiger partial charge in [-0.3, -0.25) is 9.59 Å².